The van der Waals surface area contributed by atoms with Crippen LogP contribution in [0, 0.1) is 0 Å². The highest BCUT2D eigenvalue weighted by molar-refractivity contribution is 9.10. The van der Waals surface area contributed by atoms with Gasteiger partial charge in [0.25, 0.3) is 0 Å². The van der Waals surface area contributed by atoms with Gasteiger partial charge < -0.3 is 4.74 Å². The van der Waals surface area contributed by atoms with Crippen molar-refractivity contribution < 1.29 is 4.74 Å². The monoisotopic (exact) mass is 414 g/mol. The van der Waals surface area contributed by atoms with E-state index >= 15 is 0 Å². The van der Waals surface area contributed by atoms with Gasteiger partial charge in [-0.3, -0.25) is 5.43 Å². The lowest BCUT2D eigenvalue weighted by molar-refractivity contribution is 0.306. The fourth-order valence-corrected chi connectivity index (χ4v) is 2.82. The van der Waals surface area contributed by atoms with Crippen LogP contribution in [0.1, 0.15) is 11.1 Å². The first kappa shape index (κ1) is 17.5. The molecule has 3 aromatic rings. The molecular formula is C20H16BrClN2O. The van der Waals surface area contributed by atoms with Gasteiger partial charge in [0.15, 0.2) is 0 Å². The van der Waals surface area contributed by atoms with Gasteiger partial charge in [-0.1, -0.05) is 57.9 Å². The molecule has 0 radical (unpaired) electrons. The van der Waals surface area contributed by atoms with Crippen molar-refractivity contribution in [2.45, 2.75) is 6.61 Å². The highest BCUT2D eigenvalue weighted by Gasteiger charge is 2.04. The van der Waals surface area contributed by atoms with Gasteiger partial charge in [-0.05, 0) is 48.0 Å². The van der Waals surface area contributed by atoms with E-state index in [0.29, 0.717) is 11.6 Å². The Kier molecular flexibility index (Phi) is 6.09. The Balaban J connectivity index is 1.71. The first-order valence-electron chi connectivity index (χ1n) is 7.71. The van der Waals surface area contributed by atoms with Gasteiger partial charge in [-0.15, -0.1) is 0 Å². The van der Waals surface area contributed by atoms with Crippen molar-refractivity contribution in [3.63, 3.8) is 0 Å². The lowest BCUT2D eigenvalue weighted by Crippen LogP contribution is -1.99. The summed E-state index contributed by atoms with van der Waals surface area (Å²) in [5.74, 6) is 0.752. The number of benzene rings is 3. The van der Waals surface area contributed by atoms with Crippen molar-refractivity contribution in [1.82, 2.24) is 0 Å². The topological polar surface area (TPSA) is 33.6 Å². The van der Waals surface area contributed by atoms with Crippen LogP contribution in [0.25, 0.3) is 0 Å². The van der Waals surface area contributed by atoms with Crippen LogP contribution in [-0.4, -0.2) is 6.21 Å². The van der Waals surface area contributed by atoms with Crippen molar-refractivity contribution in [3.05, 3.63) is 93.4 Å². The zero-order chi connectivity index (χ0) is 17.5. The maximum Gasteiger partial charge on any atom is 0.128 e. The zero-order valence-electron chi connectivity index (χ0n) is 13.3. The number of nitrogens with one attached hydrogen (secondary N) is 1. The van der Waals surface area contributed by atoms with Gasteiger partial charge in [-0.2, -0.15) is 5.10 Å². The molecule has 1 N–H and O–H groups in total. The molecule has 0 aliphatic rings. The summed E-state index contributed by atoms with van der Waals surface area (Å²) in [7, 11) is 0. The second-order valence-electron chi connectivity index (χ2n) is 5.34. The number of hydrogen-bond acceptors (Lipinski definition) is 3. The Morgan fingerprint density at radius 2 is 1.84 bits per heavy atom. The van der Waals surface area contributed by atoms with Crippen molar-refractivity contribution in [1.29, 1.82) is 0 Å². The van der Waals surface area contributed by atoms with E-state index in [-0.39, 0.29) is 0 Å². The number of ether oxygens (including phenoxy) is 1. The van der Waals surface area contributed by atoms with E-state index in [0.717, 1.165) is 27.0 Å². The summed E-state index contributed by atoms with van der Waals surface area (Å²) in [5, 5.41) is 4.99. The third kappa shape index (κ3) is 5.34. The molecule has 0 saturated carbocycles. The predicted molar refractivity (Wildman–Crippen MR) is 108 cm³/mol. The zero-order valence-corrected chi connectivity index (χ0v) is 15.7. The molecule has 0 amide bonds. The summed E-state index contributed by atoms with van der Waals surface area (Å²) in [5.41, 5.74) is 5.82. The molecule has 0 aliphatic carbocycles. The number of hydrogen-bond donors (Lipinski definition) is 1. The minimum atomic E-state index is 0.440. The van der Waals surface area contributed by atoms with Gasteiger partial charge in [0, 0.05) is 15.1 Å². The van der Waals surface area contributed by atoms with Crippen LogP contribution < -0.4 is 10.2 Å². The van der Waals surface area contributed by atoms with Gasteiger partial charge in [0.05, 0.1) is 11.9 Å². The summed E-state index contributed by atoms with van der Waals surface area (Å²) < 4.78 is 6.90. The molecule has 5 heteroatoms. The average molecular weight is 416 g/mol. The molecule has 3 aromatic carbocycles. The van der Waals surface area contributed by atoms with E-state index in [2.05, 4.69) is 26.5 Å². The number of anilines is 1. The van der Waals surface area contributed by atoms with Crippen LogP contribution in [0.15, 0.2) is 82.4 Å². The van der Waals surface area contributed by atoms with Crippen LogP contribution in [-0.2, 0) is 6.61 Å². The van der Waals surface area contributed by atoms with E-state index in [1.54, 1.807) is 6.21 Å². The van der Waals surface area contributed by atoms with Crippen molar-refractivity contribution in [3.8, 4) is 5.75 Å². The van der Waals surface area contributed by atoms with E-state index in [4.69, 9.17) is 16.3 Å². The van der Waals surface area contributed by atoms with Gasteiger partial charge >= 0.3 is 0 Å². The SMILES string of the molecule is Clc1cccc(COc2ccc(Br)cc2C=NNc2ccccc2)c1. The molecule has 0 aromatic heterocycles. The molecule has 25 heavy (non-hydrogen) atoms. The Labute approximate surface area is 160 Å². The fraction of sp³-hybridized carbons (Fsp3) is 0.0500. The third-order valence-corrected chi connectivity index (χ3v) is 4.15. The third-order valence-electron chi connectivity index (χ3n) is 3.43. The normalized spacial score (nSPS) is 10.8. The maximum absolute atomic E-state index is 6.01. The Hall–Kier alpha value is -2.30. The van der Waals surface area contributed by atoms with E-state index in [1.165, 1.54) is 0 Å². The van der Waals surface area contributed by atoms with E-state index in [1.807, 2.05) is 72.8 Å². The van der Waals surface area contributed by atoms with Crippen LogP contribution >= 0.6 is 27.5 Å². The fourth-order valence-electron chi connectivity index (χ4n) is 2.23. The molecule has 0 unspecified atom stereocenters. The average Bonchev–Trinajstić information content (AvgIpc) is 2.62. The lowest BCUT2D eigenvalue weighted by Gasteiger charge is -2.10. The molecule has 0 saturated heterocycles. The van der Waals surface area contributed by atoms with Crippen LogP contribution in [0.2, 0.25) is 5.02 Å². The van der Waals surface area contributed by atoms with Crippen LogP contribution in [0.5, 0.6) is 5.75 Å². The quantitative estimate of drug-likeness (QED) is 0.388. The number of para-hydroxylation sites is 1. The summed E-state index contributed by atoms with van der Waals surface area (Å²) in [6.45, 7) is 0.440. The largest absolute Gasteiger partial charge is 0.488 e. The molecule has 0 fully saturated rings. The number of nitrogens with zero attached hydrogens (tertiary/aromatic N) is 1. The second kappa shape index (κ2) is 8.70. The van der Waals surface area contributed by atoms with Crippen LogP contribution in [0.4, 0.5) is 5.69 Å². The summed E-state index contributed by atoms with van der Waals surface area (Å²) >= 11 is 9.50. The molecule has 0 aliphatic heterocycles. The minimum absolute atomic E-state index is 0.440. The van der Waals surface area contributed by atoms with Gasteiger partial charge in [0.2, 0.25) is 0 Å². The molecule has 0 heterocycles. The maximum atomic E-state index is 6.01. The first-order chi connectivity index (χ1) is 12.2. The standard InChI is InChI=1S/C20H16BrClN2O/c21-17-9-10-20(25-14-15-5-4-6-18(22)11-15)16(12-17)13-23-24-19-7-2-1-3-8-19/h1-13,24H,14H2. The molecule has 126 valence electrons. The number of halogens is 2. The van der Waals surface area contributed by atoms with Crippen molar-refractivity contribution in [2.24, 2.45) is 5.10 Å². The molecule has 3 nitrogen and oxygen atoms in total. The number of rotatable bonds is 6. The summed E-state index contributed by atoms with van der Waals surface area (Å²) in [6.07, 6.45) is 1.74. The smallest absolute Gasteiger partial charge is 0.128 e. The number of hydrazone groups is 1. The Morgan fingerprint density at radius 1 is 1.00 bits per heavy atom. The summed E-state index contributed by atoms with van der Waals surface area (Å²) in [4.78, 5) is 0. The first-order valence-corrected chi connectivity index (χ1v) is 8.89. The highest BCUT2D eigenvalue weighted by atomic mass is 79.9. The molecule has 0 spiro atoms. The minimum Gasteiger partial charge on any atom is -0.488 e. The van der Waals surface area contributed by atoms with Gasteiger partial charge in [-0.25, -0.2) is 0 Å². The van der Waals surface area contributed by atoms with Crippen molar-refractivity contribution >= 4 is 39.4 Å². The molecular weight excluding hydrogens is 400 g/mol. The van der Waals surface area contributed by atoms with Crippen LogP contribution in [0.3, 0.4) is 0 Å². The summed E-state index contributed by atoms with van der Waals surface area (Å²) in [6, 6.07) is 23.2. The van der Waals surface area contributed by atoms with E-state index in [9.17, 15) is 0 Å². The second-order valence-corrected chi connectivity index (χ2v) is 6.69. The van der Waals surface area contributed by atoms with Crippen molar-refractivity contribution in [2.75, 3.05) is 5.43 Å². The molecule has 3 rings (SSSR count). The highest BCUT2D eigenvalue weighted by Crippen LogP contribution is 2.23. The van der Waals surface area contributed by atoms with Gasteiger partial charge in [0.1, 0.15) is 12.4 Å². The Morgan fingerprint density at radius 3 is 2.64 bits per heavy atom. The predicted octanol–water partition coefficient (Wildman–Crippen LogP) is 6.13. The molecule has 0 atom stereocenters. The molecule has 0 bridgehead atoms. The lowest BCUT2D eigenvalue weighted by atomic mass is 10.2. The Bertz CT molecular complexity index is 869. The van der Waals surface area contributed by atoms with E-state index < -0.39 is 0 Å².